The molecule has 0 amide bonds. The predicted octanol–water partition coefficient (Wildman–Crippen LogP) is 2.25. The lowest BCUT2D eigenvalue weighted by Crippen LogP contribution is -2.09. The number of benzene rings is 4. The lowest BCUT2D eigenvalue weighted by molar-refractivity contribution is 0.318. The van der Waals surface area contributed by atoms with Gasteiger partial charge in [0.15, 0.2) is 0 Å². The van der Waals surface area contributed by atoms with Crippen molar-refractivity contribution < 1.29 is 66.5 Å². The third kappa shape index (κ3) is 14.5. The predicted molar refractivity (Wildman–Crippen MR) is 203 cm³/mol. The molecule has 0 unspecified atom stereocenters. The number of hydrogen-bond acceptors (Lipinski definition) is 16. The number of nitrogen functional groups attached to an aromatic ring is 5. The molecule has 0 atom stereocenters. The number of anilines is 5. The van der Waals surface area contributed by atoms with Crippen LogP contribution in [0.3, 0.4) is 0 Å². The molecule has 0 spiro atoms. The SMILES string of the molecule is Cc1cc(N)c(OCCCS(=O)(=O)O)cc1N.Cc1cc(N)c(OCCCS(=O)(=O)O)cc1N.Nc1cc(S(=O)(=O)O)cc2cc(S(=O)(=O)O)cc(O)c12. The average Bonchev–Trinajstić information content (AvgIpc) is 3.00. The number of phenols is 1. The van der Waals surface area contributed by atoms with Crippen LogP contribution in [-0.4, -0.2) is 81.7 Å². The Kier molecular flexibility index (Phi) is 15.1. The summed E-state index contributed by atoms with van der Waals surface area (Å²) in [6, 6.07) is 10.1. The summed E-state index contributed by atoms with van der Waals surface area (Å²) < 4.78 is 132. The van der Waals surface area contributed by atoms with Crippen molar-refractivity contribution in [2.45, 2.75) is 36.5 Å². The van der Waals surface area contributed by atoms with Gasteiger partial charge in [0, 0.05) is 40.6 Å². The van der Waals surface area contributed by atoms with Gasteiger partial charge in [-0.15, -0.1) is 0 Å². The summed E-state index contributed by atoms with van der Waals surface area (Å²) in [5.41, 5.74) is 31.9. The molecule has 20 nitrogen and oxygen atoms in total. The Morgan fingerprint density at radius 1 is 0.519 bits per heavy atom. The van der Waals surface area contributed by atoms with E-state index >= 15 is 0 Å². The fourth-order valence-electron chi connectivity index (χ4n) is 4.32. The molecule has 4 aromatic rings. The van der Waals surface area contributed by atoms with Crippen LogP contribution in [-0.2, 0) is 40.5 Å². The van der Waals surface area contributed by atoms with Gasteiger partial charge in [0.1, 0.15) is 17.2 Å². The summed E-state index contributed by atoms with van der Waals surface area (Å²) in [5.74, 6) is -0.385. The Hall–Kier alpha value is -4.82. The van der Waals surface area contributed by atoms with Crippen LogP contribution in [0, 0.1) is 13.8 Å². The topological polar surface area (TPSA) is 386 Å². The first-order chi connectivity index (χ1) is 24.6. The zero-order valence-corrected chi connectivity index (χ0v) is 32.0. The molecule has 0 aliphatic heterocycles. The van der Waals surface area contributed by atoms with Crippen molar-refractivity contribution in [2.75, 3.05) is 53.4 Å². The van der Waals surface area contributed by atoms with Crippen LogP contribution in [0.1, 0.15) is 24.0 Å². The van der Waals surface area contributed by atoms with E-state index in [-0.39, 0.29) is 54.0 Å². The van der Waals surface area contributed by atoms with E-state index in [1.165, 1.54) is 0 Å². The molecule has 0 fully saturated rings. The molecule has 4 aromatic carbocycles. The number of phenolic OH excluding ortho intramolecular Hbond substituents is 1. The highest BCUT2D eigenvalue weighted by Gasteiger charge is 2.18. The molecule has 0 aliphatic carbocycles. The highest BCUT2D eigenvalue weighted by Crippen LogP contribution is 2.35. The average molecular weight is 840 g/mol. The number of aryl methyl sites for hydroxylation is 2. The Morgan fingerprint density at radius 2 is 0.889 bits per heavy atom. The first-order valence-electron chi connectivity index (χ1n) is 15.1. The Morgan fingerprint density at radius 3 is 1.24 bits per heavy atom. The highest BCUT2D eigenvalue weighted by molar-refractivity contribution is 7.86. The number of aromatic hydroxyl groups is 1. The van der Waals surface area contributed by atoms with Gasteiger partial charge in [-0.1, -0.05) is 0 Å². The van der Waals surface area contributed by atoms with Gasteiger partial charge in [0.2, 0.25) is 0 Å². The van der Waals surface area contributed by atoms with Crippen molar-refractivity contribution in [3.8, 4) is 17.2 Å². The maximum atomic E-state index is 11.1. The van der Waals surface area contributed by atoms with Gasteiger partial charge in [-0.3, -0.25) is 18.2 Å². The van der Waals surface area contributed by atoms with Crippen molar-refractivity contribution in [2.24, 2.45) is 0 Å². The third-order valence-corrected chi connectivity index (χ3v) is 10.3. The second kappa shape index (κ2) is 18.0. The van der Waals surface area contributed by atoms with Crippen LogP contribution in [0.5, 0.6) is 17.2 Å². The van der Waals surface area contributed by atoms with Crippen LogP contribution in [0.15, 0.2) is 58.3 Å². The van der Waals surface area contributed by atoms with E-state index in [1.807, 2.05) is 13.8 Å². The molecule has 15 N–H and O–H groups in total. The molecular formula is C30H41N5O15S4. The zero-order valence-electron chi connectivity index (χ0n) is 28.7. The van der Waals surface area contributed by atoms with Gasteiger partial charge in [0.25, 0.3) is 40.5 Å². The number of fused-ring (bicyclic) bond motifs is 1. The Bertz CT molecular complexity index is 2280. The number of nitrogens with two attached hydrogens (primary N) is 5. The first-order valence-corrected chi connectivity index (χ1v) is 21.2. The number of hydrogen-bond donors (Lipinski definition) is 10. The summed E-state index contributed by atoms with van der Waals surface area (Å²) in [7, 11) is -17.0. The molecule has 24 heteroatoms. The molecule has 0 saturated carbocycles. The van der Waals surface area contributed by atoms with E-state index in [0.717, 1.165) is 35.4 Å². The van der Waals surface area contributed by atoms with Crippen LogP contribution in [0.4, 0.5) is 28.4 Å². The molecule has 54 heavy (non-hydrogen) atoms. The van der Waals surface area contributed by atoms with E-state index in [4.69, 9.17) is 56.4 Å². The van der Waals surface area contributed by atoms with Gasteiger partial charge in [0.05, 0.1) is 45.9 Å². The second-order valence-electron chi connectivity index (χ2n) is 11.5. The number of ether oxygens (including phenoxy) is 2. The smallest absolute Gasteiger partial charge is 0.294 e. The normalized spacial score (nSPS) is 11.9. The minimum Gasteiger partial charge on any atom is -0.507 e. The van der Waals surface area contributed by atoms with E-state index < -0.39 is 56.0 Å². The van der Waals surface area contributed by atoms with Crippen LogP contribution in [0.25, 0.3) is 10.8 Å². The first kappa shape index (κ1) is 45.3. The van der Waals surface area contributed by atoms with E-state index in [2.05, 4.69) is 0 Å². The third-order valence-electron chi connectivity index (χ3n) is 7.01. The van der Waals surface area contributed by atoms with Crippen molar-refractivity contribution in [1.82, 2.24) is 0 Å². The van der Waals surface area contributed by atoms with Gasteiger partial charge < -0.3 is 43.2 Å². The van der Waals surface area contributed by atoms with Gasteiger partial charge >= 0.3 is 0 Å². The summed E-state index contributed by atoms with van der Waals surface area (Å²) in [5, 5.41) is 9.66. The lowest BCUT2D eigenvalue weighted by atomic mass is 10.1. The zero-order chi connectivity index (χ0) is 41.4. The van der Waals surface area contributed by atoms with Gasteiger partial charge in [-0.2, -0.15) is 33.7 Å². The summed E-state index contributed by atoms with van der Waals surface area (Å²) in [6.07, 6.45) is 0.373. The molecule has 0 saturated heterocycles. The number of rotatable bonds is 12. The quantitative estimate of drug-likeness (QED) is 0.0555. The fourth-order valence-corrected chi connectivity index (χ4v) is 6.37. The largest absolute Gasteiger partial charge is 0.507 e. The fraction of sp³-hybridized carbons (Fsp3) is 0.267. The molecule has 0 radical (unpaired) electrons. The summed E-state index contributed by atoms with van der Waals surface area (Å²) >= 11 is 0. The molecule has 0 aliphatic rings. The summed E-state index contributed by atoms with van der Waals surface area (Å²) in [6.45, 7) is 3.95. The monoisotopic (exact) mass is 839 g/mol. The van der Waals surface area contributed by atoms with Crippen LogP contribution in [0.2, 0.25) is 0 Å². The minimum atomic E-state index is -4.59. The Labute approximate surface area is 311 Å². The molecule has 0 aromatic heterocycles. The highest BCUT2D eigenvalue weighted by atomic mass is 32.2. The van der Waals surface area contributed by atoms with E-state index in [9.17, 15) is 38.8 Å². The van der Waals surface area contributed by atoms with Crippen molar-refractivity contribution >= 4 is 79.7 Å². The van der Waals surface area contributed by atoms with E-state index in [0.29, 0.717) is 34.2 Å². The molecule has 300 valence electrons. The van der Waals surface area contributed by atoms with Gasteiger partial charge in [-0.25, -0.2) is 0 Å². The van der Waals surface area contributed by atoms with E-state index in [1.54, 1.807) is 24.3 Å². The summed E-state index contributed by atoms with van der Waals surface area (Å²) in [4.78, 5) is -1.19. The molecular weight excluding hydrogens is 799 g/mol. The van der Waals surface area contributed by atoms with Crippen molar-refractivity contribution in [1.29, 1.82) is 0 Å². The maximum Gasteiger partial charge on any atom is 0.294 e. The van der Waals surface area contributed by atoms with Gasteiger partial charge in [-0.05, 0) is 73.5 Å². The maximum absolute atomic E-state index is 11.1. The van der Waals surface area contributed by atoms with Crippen molar-refractivity contribution in [3.63, 3.8) is 0 Å². The molecule has 0 bridgehead atoms. The lowest BCUT2D eigenvalue weighted by Gasteiger charge is -2.10. The minimum absolute atomic E-state index is 0.00444. The van der Waals surface area contributed by atoms with Crippen LogP contribution >= 0.6 is 0 Å². The van der Waals surface area contributed by atoms with Crippen LogP contribution < -0.4 is 38.1 Å². The second-order valence-corrected chi connectivity index (χ2v) is 17.5. The standard InChI is InChI=1S/2C10H16N2O4S.C10H9NO7S2/c2*1-7-5-9(12)10(6-8(7)11)16-3-2-4-17(13,14)15;11-8-3-6(19(13,14)15)1-5-2-7(20(16,17)18)4-9(12)10(5)8/h2*5-6H,2-4,11-12H2,1H3,(H,13,14,15);1-4,12H,11H2,(H,13,14,15)(H,16,17,18). The van der Waals surface area contributed by atoms with Crippen molar-refractivity contribution in [3.05, 3.63) is 59.7 Å². The Balaban J connectivity index is 0.000000282. The molecule has 0 heterocycles. The molecule has 4 rings (SSSR count).